The molecule has 0 bridgehead atoms. The Morgan fingerprint density at radius 2 is 2.07 bits per heavy atom. The van der Waals surface area contributed by atoms with Crippen LogP contribution in [0, 0.1) is 9.87 Å². The fraction of sp³-hybridized carbons (Fsp3) is 0.421. The van der Waals surface area contributed by atoms with Crippen molar-refractivity contribution in [2.75, 3.05) is 24.2 Å². The summed E-state index contributed by atoms with van der Waals surface area (Å²) in [6.07, 6.45) is 1.71. The molecular weight excluding hydrogens is 396 g/mol. The summed E-state index contributed by atoms with van der Waals surface area (Å²) in [6, 6.07) is 9.64. The maximum Gasteiger partial charge on any atom is 0.227 e. The van der Waals surface area contributed by atoms with Crippen LogP contribution in [0.5, 0.6) is 0 Å². The van der Waals surface area contributed by atoms with E-state index in [9.17, 15) is 4.79 Å². The summed E-state index contributed by atoms with van der Waals surface area (Å²) in [5.41, 5.74) is 1.99. The van der Waals surface area contributed by atoms with Crippen LogP contribution in [0.1, 0.15) is 19.8 Å². The molecule has 0 spiro atoms. The minimum Gasteiger partial charge on any atom is -0.326 e. The highest BCUT2D eigenvalue weighted by Gasteiger charge is 2.25. The molecule has 1 aromatic carbocycles. The molecule has 2 aromatic rings. The van der Waals surface area contributed by atoms with Gasteiger partial charge in [0.15, 0.2) is 8.29 Å². The second kappa shape index (κ2) is 9.64. The van der Waals surface area contributed by atoms with Gasteiger partial charge in [0.05, 0.1) is 6.67 Å². The fourth-order valence-corrected chi connectivity index (χ4v) is 5.07. The number of para-hydroxylation sites is 1. The second-order valence-electron chi connectivity index (χ2n) is 6.77. The van der Waals surface area contributed by atoms with Crippen LogP contribution < -0.4 is 5.32 Å². The molecule has 3 rings (SSSR count). The van der Waals surface area contributed by atoms with E-state index in [2.05, 4.69) is 21.9 Å². The lowest BCUT2D eigenvalue weighted by Crippen LogP contribution is -2.39. The molecule has 2 heterocycles. The third-order valence-corrected chi connectivity index (χ3v) is 7.04. The number of piperidine rings is 1. The van der Waals surface area contributed by atoms with Crippen LogP contribution in [-0.4, -0.2) is 39.4 Å². The summed E-state index contributed by atoms with van der Waals surface area (Å²) in [7, 11) is 0. The van der Waals surface area contributed by atoms with Crippen LogP contribution in [0.15, 0.2) is 46.8 Å². The van der Waals surface area contributed by atoms with Gasteiger partial charge in [-0.05, 0) is 44.1 Å². The zero-order valence-corrected chi connectivity index (χ0v) is 17.8. The lowest BCUT2D eigenvalue weighted by atomic mass is 9.96. The van der Waals surface area contributed by atoms with Crippen LogP contribution in [0.3, 0.4) is 0 Å². The number of benzene rings is 1. The molecule has 0 unspecified atom stereocenters. The zero-order chi connectivity index (χ0) is 19.2. The molecule has 1 aliphatic heterocycles. The highest BCUT2D eigenvalue weighted by molar-refractivity contribution is 8.01. The standard InChI is InChI=1S/C19H24N4OS3/c1-14(2)12-26-18-21-23(19(25)27-18)13-22-10-8-15(9-11-22)17(24)20-16-6-4-3-5-7-16/h3-7,15H,1,8-13H2,2H3,(H,20,24). The quantitative estimate of drug-likeness (QED) is 0.401. The van der Waals surface area contributed by atoms with E-state index in [0.717, 1.165) is 51.2 Å². The van der Waals surface area contributed by atoms with Gasteiger partial charge in [-0.15, -0.1) is 0 Å². The van der Waals surface area contributed by atoms with E-state index in [-0.39, 0.29) is 11.8 Å². The van der Waals surface area contributed by atoms with Crippen molar-refractivity contribution in [1.82, 2.24) is 14.7 Å². The number of thioether (sulfide) groups is 1. The van der Waals surface area contributed by atoms with E-state index in [1.54, 1.807) is 23.1 Å². The van der Waals surface area contributed by atoms with Crippen molar-refractivity contribution < 1.29 is 4.79 Å². The Hall–Kier alpha value is -1.48. The molecule has 1 amide bonds. The maximum atomic E-state index is 12.4. The van der Waals surface area contributed by atoms with Gasteiger partial charge in [0, 0.05) is 30.4 Å². The van der Waals surface area contributed by atoms with Crippen LogP contribution in [0.2, 0.25) is 0 Å². The number of amides is 1. The van der Waals surface area contributed by atoms with E-state index in [0.29, 0.717) is 6.67 Å². The van der Waals surface area contributed by atoms with Gasteiger partial charge in [0.2, 0.25) is 5.91 Å². The molecule has 1 saturated heterocycles. The lowest BCUT2D eigenvalue weighted by molar-refractivity contribution is -0.121. The minimum atomic E-state index is 0.0616. The van der Waals surface area contributed by atoms with E-state index in [1.165, 1.54) is 0 Å². The maximum absolute atomic E-state index is 12.4. The highest BCUT2D eigenvalue weighted by Crippen LogP contribution is 2.25. The summed E-state index contributed by atoms with van der Waals surface area (Å²) in [5.74, 6) is 1.04. The minimum absolute atomic E-state index is 0.0616. The summed E-state index contributed by atoms with van der Waals surface area (Å²) < 4.78 is 3.67. The van der Waals surface area contributed by atoms with Gasteiger partial charge < -0.3 is 5.32 Å². The monoisotopic (exact) mass is 420 g/mol. The summed E-state index contributed by atoms with van der Waals surface area (Å²) >= 11 is 8.68. The molecule has 8 heteroatoms. The van der Waals surface area contributed by atoms with Crippen molar-refractivity contribution in [2.45, 2.75) is 30.8 Å². The van der Waals surface area contributed by atoms with E-state index >= 15 is 0 Å². The smallest absolute Gasteiger partial charge is 0.227 e. The molecule has 144 valence electrons. The molecule has 1 fully saturated rings. The molecule has 0 saturated carbocycles. The molecule has 0 aliphatic carbocycles. The van der Waals surface area contributed by atoms with Crippen molar-refractivity contribution in [2.24, 2.45) is 5.92 Å². The Morgan fingerprint density at radius 3 is 2.74 bits per heavy atom. The molecule has 1 N–H and O–H groups in total. The average Bonchev–Trinajstić information content (AvgIpc) is 3.01. The first-order valence-corrected chi connectivity index (χ1v) is 11.2. The van der Waals surface area contributed by atoms with Crippen molar-refractivity contribution in [3.63, 3.8) is 0 Å². The molecule has 0 radical (unpaired) electrons. The Balaban J connectivity index is 1.49. The van der Waals surface area contributed by atoms with Gasteiger partial charge in [-0.1, -0.05) is 53.4 Å². The molecule has 1 aromatic heterocycles. The Bertz CT molecular complexity index is 838. The van der Waals surface area contributed by atoms with Crippen LogP contribution in [0.25, 0.3) is 0 Å². The number of nitrogens with zero attached hydrogens (tertiary/aromatic N) is 3. The molecule has 0 atom stereocenters. The van der Waals surface area contributed by atoms with Gasteiger partial charge in [-0.2, -0.15) is 5.10 Å². The van der Waals surface area contributed by atoms with Gasteiger partial charge in [0.1, 0.15) is 0 Å². The third kappa shape index (κ3) is 6.00. The number of carbonyl (C=O) groups is 1. The number of hydrogen-bond donors (Lipinski definition) is 1. The number of hydrogen-bond acceptors (Lipinski definition) is 6. The van der Waals surface area contributed by atoms with E-state index in [4.69, 9.17) is 12.2 Å². The summed E-state index contributed by atoms with van der Waals surface area (Å²) in [6.45, 7) is 8.38. The first-order valence-electron chi connectivity index (χ1n) is 8.94. The summed E-state index contributed by atoms with van der Waals surface area (Å²) in [4.78, 5) is 14.8. The topological polar surface area (TPSA) is 50.2 Å². The van der Waals surface area contributed by atoms with Gasteiger partial charge in [-0.25, -0.2) is 4.68 Å². The number of anilines is 1. The predicted octanol–water partition coefficient (Wildman–Crippen LogP) is 4.65. The first kappa shape index (κ1) is 20.3. The van der Waals surface area contributed by atoms with Crippen LogP contribution >= 0.6 is 35.3 Å². The SMILES string of the molecule is C=C(C)CSc1nn(CN2CCC(C(=O)Nc3ccccc3)CC2)c(=S)s1. The van der Waals surface area contributed by atoms with Crippen molar-refractivity contribution in [3.8, 4) is 0 Å². The number of aromatic nitrogens is 2. The average molecular weight is 421 g/mol. The van der Waals surface area contributed by atoms with E-state index < -0.39 is 0 Å². The number of rotatable bonds is 7. The van der Waals surface area contributed by atoms with Crippen molar-refractivity contribution in [1.29, 1.82) is 0 Å². The van der Waals surface area contributed by atoms with Crippen LogP contribution in [0.4, 0.5) is 5.69 Å². The molecule has 27 heavy (non-hydrogen) atoms. The van der Waals surface area contributed by atoms with Gasteiger partial charge in [-0.3, -0.25) is 9.69 Å². The Kier molecular flexibility index (Phi) is 7.23. The lowest BCUT2D eigenvalue weighted by Gasteiger charge is -2.30. The van der Waals surface area contributed by atoms with E-state index in [1.807, 2.05) is 41.9 Å². The highest BCUT2D eigenvalue weighted by atomic mass is 32.2. The van der Waals surface area contributed by atoms with Gasteiger partial charge >= 0.3 is 0 Å². The predicted molar refractivity (Wildman–Crippen MR) is 116 cm³/mol. The Morgan fingerprint density at radius 1 is 1.37 bits per heavy atom. The second-order valence-corrected chi connectivity index (χ2v) is 9.61. The fourth-order valence-electron chi connectivity index (χ4n) is 2.91. The number of carbonyl (C=O) groups excluding carboxylic acids is 1. The summed E-state index contributed by atoms with van der Waals surface area (Å²) in [5, 5.41) is 7.63. The van der Waals surface area contributed by atoms with Gasteiger partial charge in [0.25, 0.3) is 0 Å². The first-order chi connectivity index (χ1) is 13.0. The van der Waals surface area contributed by atoms with Crippen molar-refractivity contribution in [3.05, 3.63) is 46.4 Å². The normalized spacial score (nSPS) is 15.6. The Labute approximate surface area is 173 Å². The van der Waals surface area contributed by atoms with Crippen molar-refractivity contribution >= 4 is 46.9 Å². The zero-order valence-electron chi connectivity index (χ0n) is 15.4. The number of nitrogens with one attached hydrogen (secondary N) is 1. The molecule has 1 aliphatic rings. The third-order valence-electron chi connectivity index (χ3n) is 4.36. The molecular formula is C19H24N4OS3. The largest absolute Gasteiger partial charge is 0.326 e. The number of likely N-dealkylation sites (tertiary alicyclic amines) is 1. The van der Waals surface area contributed by atoms with Crippen LogP contribution in [-0.2, 0) is 11.5 Å². The molecule has 5 nitrogen and oxygen atoms in total.